The zero-order valence-corrected chi connectivity index (χ0v) is 29.6. The molecule has 5 heterocycles. The minimum absolute atomic E-state index is 0.152. The molecule has 11 nitrogen and oxygen atoms in total. The van der Waals surface area contributed by atoms with Gasteiger partial charge in [0.05, 0.1) is 36.1 Å². The van der Waals surface area contributed by atoms with Gasteiger partial charge in [-0.25, -0.2) is 18.6 Å². The summed E-state index contributed by atoms with van der Waals surface area (Å²) in [5, 5.41) is 0.514. The van der Waals surface area contributed by atoms with Gasteiger partial charge in [0.1, 0.15) is 22.9 Å². The number of amides is 2. The second kappa shape index (κ2) is 12.8. The number of carbonyl (C=O) groups excluding carboxylic acids is 2. The smallest absolute Gasteiger partial charge is 0.493 e. The fourth-order valence-corrected chi connectivity index (χ4v) is 6.73. The van der Waals surface area contributed by atoms with Crippen molar-refractivity contribution in [1.29, 1.82) is 0 Å². The number of pyridine rings is 1. The lowest BCUT2D eigenvalue weighted by Gasteiger charge is -2.37. The largest absolute Gasteiger partial charge is 0.497 e. The van der Waals surface area contributed by atoms with Crippen molar-refractivity contribution in [3.05, 3.63) is 47.3 Å². The SMILES string of the molecule is COc1cc(F)cnc1N1CCN(C(=O)c2cc3c(C4CCCCN4C(=O)OC(C)(C)C)cc(B4OC(C)(C)C(C)(C)O4)c(F)c3[nH]2)CC1. The standard InChI is InChI=1S/C35H46BF2N5O6/c1-33(2,3)47-32(45)43-12-10-9-11-26(43)22-18-24(36-48-34(4,5)35(6,7)49-36)28(38)29-23(22)19-25(40-29)31(44)42-15-13-41(14-16-42)30-27(46-8)17-21(37)20-39-30/h17-20,26,40H,9-16H2,1-8H3. The Balaban J connectivity index is 1.36. The lowest BCUT2D eigenvalue weighted by atomic mass is 9.76. The van der Waals surface area contributed by atoms with Crippen LogP contribution in [0.15, 0.2) is 24.4 Å². The van der Waals surface area contributed by atoms with Crippen molar-refractivity contribution in [1.82, 2.24) is 19.8 Å². The van der Waals surface area contributed by atoms with Gasteiger partial charge in [-0.15, -0.1) is 0 Å². The van der Waals surface area contributed by atoms with Crippen LogP contribution in [0.2, 0.25) is 0 Å². The highest BCUT2D eigenvalue weighted by Gasteiger charge is 2.53. The molecule has 1 unspecified atom stereocenters. The zero-order chi connectivity index (χ0) is 35.5. The quantitative estimate of drug-likeness (QED) is 0.348. The van der Waals surface area contributed by atoms with Crippen molar-refractivity contribution >= 4 is 41.3 Å². The van der Waals surface area contributed by atoms with E-state index in [1.807, 2.05) is 53.4 Å². The minimum atomic E-state index is -1.00. The highest BCUT2D eigenvalue weighted by molar-refractivity contribution is 6.62. The summed E-state index contributed by atoms with van der Waals surface area (Å²) in [6.07, 6.45) is 3.01. The molecule has 2 amide bonds. The van der Waals surface area contributed by atoms with Crippen molar-refractivity contribution < 1.29 is 37.2 Å². The molecular formula is C35H46BF2N5O6. The number of rotatable bonds is 5. The maximum Gasteiger partial charge on any atom is 0.497 e. The lowest BCUT2D eigenvalue weighted by Crippen LogP contribution is -2.49. The molecule has 14 heteroatoms. The summed E-state index contributed by atoms with van der Waals surface area (Å²) in [7, 11) is 0.459. The molecule has 49 heavy (non-hydrogen) atoms. The molecule has 3 aromatic rings. The fourth-order valence-electron chi connectivity index (χ4n) is 6.73. The van der Waals surface area contributed by atoms with Crippen LogP contribution in [0.4, 0.5) is 19.4 Å². The number of aromatic amines is 1. The van der Waals surface area contributed by atoms with Gasteiger partial charge in [0.2, 0.25) is 0 Å². The first-order valence-electron chi connectivity index (χ1n) is 16.9. The van der Waals surface area contributed by atoms with E-state index in [0.29, 0.717) is 61.7 Å². The van der Waals surface area contributed by atoms with E-state index < -0.39 is 47.7 Å². The Morgan fingerprint density at radius 1 is 1.00 bits per heavy atom. The molecule has 3 saturated heterocycles. The van der Waals surface area contributed by atoms with E-state index in [0.717, 1.165) is 19.0 Å². The van der Waals surface area contributed by atoms with Gasteiger partial charge in [-0.3, -0.25) is 4.79 Å². The number of piperazine rings is 1. The van der Waals surface area contributed by atoms with E-state index in [9.17, 15) is 14.0 Å². The molecule has 2 aromatic heterocycles. The Morgan fingerprint density at radius 2 is 1.67 bits per heavy atom. The number of ether oxygens (including phenoxy) is 2. The van der Waals surface area contributed by atoms with Crippen LogP contribution in [0.3, 0.4) is 0 Å². The van der Waals surface area contributed by atoms with Crippen LogP contribution in [0.25, 0.3) is 10.9 Å². The van der Waals surface area contributed by atoms with E-state index in [-0.39, 0.29) is 22.6 Å². The number of nitrogens with one attached hydrogen (secondary N) is 1. The molecule has 0 radical (unpaired) electrons. The first kappa shape index (κ1) is 34.9. The van der Waals surface area contributed by atoms with Crippen LogP contribution < -0.4 is 15.1 Å². The molecule has 0 aliphatic carbocycles. The van der Waals surface area contributed by atoms with Crippen molar-refractivity contribution in [3.8, 4) is 5.75 Å². The topological polar surface area (TPSA) is 109 Å². The van der Waals surface area contributed by atoms with Crippen molar-refractivity contribution in [2.45, 2.75) is 90.6 Å². The number of carbonyl (C=O) groups is 2. The van der Waals surface area contributed by atoms with Gasteiger partial charge in [0.25, 0.3) is 5.91 Å². The van der Waals surface area contributed by atoms with Crippen molar-refractivity contribution in [3.63, 3.8) is 0 Å². The summed E-state index contributed by atoms with van der Waals surface area (Å²) in [4.78, 5) is 40.1. The molecule has 3 aliphatic rings. The van der Waals surface area contributed by atoms with Crippen LogP contribution in [0, 0.1) is 11.6 Å². The van der Waals surface area contributed by atoms with Crippen LogP contribution in [-0.4, -0.2) is 95.5 Å². The minimum Gasteiger partial charge on any atom is -0.493 e. The van der Waals surface area contributed by atoms with Gasteiger partial charge in [0, 0.05) is 49.6 Å². The molecule has 3 aliphatic heterocycles. The van der Waals surface area contributed by atoms with Gasteiger partial charge < -0.3 is 38.5 Å². The van der Waals surface area contributed by atoms with E-state index in [2.05, 4.69) is 9.97 Å². The third-order valence-electron chi connectivity index (χ3n) is 10.0. The number of nitrogens with zero attached hydrogens (tertiary/aromatic N) is 4. The van der Waals surface area contributed by atoms with Gasteiger partial charge >= 0.3 is 13.2 Å². The molecule has 0 spiro atoms. The second-order valence-corrected chi connectivity index (χ2v) is 15.1. The Bertz CT molecular complexity index is 1730. The van der Waals surface area contributed by atoms with Crippen LogP contribution >= 0.6 is 0 Å². The summed E-state index contributed by atoms with van der Waals surface area (Å²) in [5.41, 5.74) is -0.836. The number of methoxy groups -OCH3 is 1. The maximum atomic E-state index is 16.6. The molecule has 1 atom stereocenters. The highest BCUT2D eigenvalue weighted by atomic mass is 19.1. The third kappa shape index (κ3) is 6.69. The van der Waals surface area contributed by atoms with E-state index in [4.69, 9.17) is 18.8 Å². The van der Waals surface area contributed by atoms with Crippen LogP contribution in [0.1, 0.15) is 89.8 Å². The number of hydrogen-bond acceptors (Lipinski definition) is 8. The first-order chi connectivity index (χ1) is 23.0. The Kier molecular flexibility index (Phi) is 9.10. The molecule has 6 rings (SSSR count). The molecule has 0 saturated carbocycles. The first-order valence-corrected chi connectivity index (χ1v) is 16.9. The van der Waals surface area contributed by atoms with Gasteiger partial charge in [-0.05, 0) is 79.4 Å². The van der Waals surface area contributed by atoms with Crippen LogP contribution in [-0.2, 0) is 14.0 Å². The average molecular weight is 682 g/mol. The number of likely N-dealkylation sites (tertiary alicyclic amines) is 1. The number of fused-ring (bicyclic) bond motifs is 1. The number of halogens is 2. The summed E-state index contributed by atoms with van der Waals surface area (Å²) in [6.45, 7) is 15.2. The van der Waals surface area contributed by atoms with Crippen molar-refractivity contribution in [2.24, 2.45) is 0 Å². The molecule has 1 N–H and O–H groups in total. The normalized spacial score (nSPS) is 21.0. The Hall–Kier alpha value is -3.91. The molecule has 264 valence electrons. The van der Waals surface area contributed by atoms with Crippen molar-refractivity contribution in [2.75, 3.05) is 44.7 Å². The summed E-state index contributed by atoms with van der Waals surface area (Å²) >= 11 is 0. The fraction of sp³-hybridized carbons (Fsp3) is 0.571. The lowest BCUT2D eigenvalue weighted by molar-refractivity contribution is 0.00578. The maximum absolute atomic E-state index is 16.6. The van der Waals surface area contributed by atoms with Crippen LogP contribution in [0.5, 0.6) is 5.75 Å². The summed E-state index contributed by atoms with van der Waals surface area (Å²) in [5.74, 6) is -0.533. The Morgan fingerprint density at radius 3 is 2.31 bits per heavy atom. The molecule has 3 fully saturated rings. The monoisotopic (exact) mass is 681 g/mol. The predicted molar refractivity (Wildman–Crippen MR) is 182 cm³/mol. The summed E-state index contributed by atoms with van der Waals surface area (Å²) < 4.78 is 54.1. The number of H-pyrrole nitrogens is 1. The van der Waals surface area contributed by atoms with Gasteiger partial charge in [-0.2, -0.15) is 0 Å². The van der Waals surface area contributed by atoms with E-state index in [1.54, 1.807) is 21.9 Å². The zero-order valence-electron chi connectivity index (χ0n) is 29.6. The number of benzene rings is 1. The molecular weight excluding hydrogens is 635 g/mol. The third-order valence-corrected chi connectivity index (χ3v) is 10.0. The van der Waals surface area contributed by atoms with E-state index in [1.165, 1.54) is 13.2 Å². The van der Waals surface area contributed by atoms with Gasteiger partial charge in [0.15, 0.2) is 11.6 Å². The Labute approximate surface area is 286 Å². The molecule has 1 aromatic carbocycles. The number of hydrogen-bond donors (Lipinski definition) is 1. The number of piperidine rings is 1. The molecule has 0 bridgehead atoms. The summed E-state index contributed by atoms with van der Waals surface area (Å²) in [6, 6.07) is 4.28. The predicted octanol–water partition coefficient (Wildman–Crippen LogP) is 5.57. The number of anilines is 1. The highest BCUT2D eigenvalue weighted by Crippen LogP contribution is 2.40. The number of aromatic nitrogens is 2. The van der Waals surface area contributed by atoms with E-state index >= 15 is 4.39 Å². The second-order valence-electron chi connectivity index (χ2n) is 15.1. The van der Waals surface area contributed by atoms with Gasteiger partial charge in [-0.1, -0.05) is 6.07 Å². The average Bonchev–Trinajstić information content (AvgIpc) is 3.58.